The topological polar surface area (TPSA) is 84.3 Å². The van der Waals surface area contributed by atoms with Crippen LogP contribution in [0.4, 0.5) is 4.79 Å². The van der Waals surface area contributed by atoms with Gasteiger partial charge in [-0.3, -0.25) is 4.98 Å². The molecule has 0 unspecified atom stereocenters. The highest BCUT2D eigenvalue weighted by molar-refractivity contribution is 5.98. The molecule has 7 nitrogen and oxygen atoms in total. The molecule has 0 radical (unpaired) electrons. The molecule has 126 valence electrons. The van der Waals surface area contributed by atoms with Crippen LogP contribution in [0.2, 0.25) is 0 Å². The molecule has 0 saturated heterocycles. The van der Waals surface area contributed by atoms with Gasteiger partial charge in [0, 0.05) is 20.3 Å². The third-order valence-corrected chi connectivity index (χ3v) is 3.06. The minimum atomic E-state index is -0.436. The van der Waals surface area contributed by atoms with Gasteiger partial charge < -0.3 is 19.6 Å². The van der Waals surface area contributed by atoms with Gasteiger partial charge in [-0.25, -0.2) is 4.79 Å². The lowest BCUT2D eigenvalue weighted by Gasteiger charge is -2.10. The fourth-order valence-corrected chi connectivity index (χ4v) is 1.77. The number of amides is 1. The summed E-state index contributed by atoms with van der Waals surface area (Å²) in [4.78, 5) is 22.1. The lowest BCUT2D eigenvalue weighted by Crippen LogP contribution is -2.25. The van der Waals surface area contributed by atoms with E-state index < -0.39 is 6.09 Å². The van der Waals surface area contributed by atoms with E-state index in [1.807, 2.05) is 0 Å². The molecule has 0 aliphatic rings. The van der Waals surface area contributed by atoms with Crippen LogP contribution in [-0.2, 0) is 11.4 Å². The Balaban J connectivity index is 1.92. The summed E-state index contributed by atoms with van der Waals surface area (Å²) in [6.07, 6.45) is 1.14. The first-order valence-electron chi connectivity index (χ1n) is 7.26. The Morgan fingerprint density at radius 1 is 1.25 bits per heavy atom. The highest BCUT2D eigenvalue weighted by atomic mass is 16.6. The second-order valence-electron chi connectivity index (χ2n) is 5.23. The Labute approximate surface area is 140 Å². The van der Waals surface area contributed by atoms with Crippen LogP contribution < -0.4 is 4.74 Å². The zero-order chi connectivity index (χ0) is 17.5. The standard InChI is InChI=1S/C17H19N3O4/c1-12(16-15(21)5-4-10-18-16)19-23-11-13-6-8-14(9-7-13)24-17(22)20(2)3/h4-10,21H,11H2,1-3H3. The Bertz CT molecular complexity index is 727. The number of aromatic hydroxyl groups is 1. The van der Waals surface area contributed by atoms with Crippen molar-refractivity contribution in [2.75, 3.05) is 14.1 Å². The molecule has 1 aromatic carbocycles. The first kappa shape index (κ1) is 17.3. The first-order valence-corrected chi connectivity index (χ1v) is 7.26. The minimum absolute atomic E-state index is 0.0504. The number of benzene rings is 1. The Kier molecular flexibility index (Phi) is 5.73. The van der Waals surface area contributed by atoms with E-state index in [2.05, 4.69) is 10.1 Å². The molecule has 1 amide bonds. The summed E-state index contributed by atoms with van der Waals surface area (Å²) in [6.45, 7) is 1.94. The maximum Gasteiger partial charge on any atom is 0.414 e. The average molecular weight is 329 g/mol. The van der Waals surface area contributed by atoms with Gasteiger partial charge in [0.25, 0.3) is 0 Å². The zero-order valence-electron chi connectivity index (χ0n) is 13.8. The van der Waals surface area contributed by atoms with E-state index in [1.165, 1.54) is 11.0 Å². The monoisotopic (exact) mass is 329 g/mol. The summed E-state index contributed by atoms with van der Waals surface area (Å²) in [5.41, 5.74) is 1.72. The van der Waals surface area contributed by atoms with Gasteiger partial charge in [0.05, 0.1) is 0 Å². The number of hydrogen-bond acceptors (Lipinski definition) is 6. The maximum absolute atomic E-state index is 11.4. The number of pyridine rings is 1. The highest BCUT2D eigenvalue weighted by Gasteiger charge is 2.07. The van der Waals surface area contributed by atoms with Crippen LogP contribution in [-0.4, -0.2) is 40.9 Å². The van der Waals surface area contributed by atoms with Gasteiger partial charge in [0.1, 0.15) is 29.5 Å². The lowest BCUT2D eigenvalue weighted by molar-refractivity contribution is 0.130. The third-order valence-electron chi connectivity index (χ3n) is 3.06. The van der Waals surface area contributed by atoms with Crippen LogP contribution in [0.25, 0.3) is 0 Å². The summed E-state index contributed by atoms with van der Waals surface area (Å²) < 4.78 is 5.13. The second-order valence-corrected chi connectivity index (χ2v) is 5.23. The van der Waals surface area contributed by atoms with Gasteiger partial charge in [-0.15, -0.1) is 0 Å². The van der Waals surface area contributed by atoms with Crippen LogP contribution in [0.1, 0.15) is 18.2 Å². The van der Waals surface area contributed by atoms with Gasteiger partial charge in [0.2, 0.25) is 0 Å². The van der Waals surface area contributed by atoms with E-state index in [-0.39, 0.29) is 12.4 Å². The predicted octanol–water partition coefficient (Wildman–Crippen LogP) is 2.79. The van der Waals surface area contributed by atoms with Crippen molar-refractivity contribution in [2.24, 2.45) is 5.16 Å². The molecule has 1 heterocycles. The molecule has 1 aromatic heterocycles. The van der Waals surface area contributed by atoms with Gasteiger partial charge in [-0.2, -0.15) is 0 Å². The summed E-state index contributed by atoms with van der Waals surface area (Å²) in [5, 5.41) is 13.6. The van der Waals surface area contributed by atoms with Crippen molar-refractivity contribution < 1.29 is 19.5 Å². The van der Waals surface area contributed by atoms with E-state index in [4.69, 9.17) is 9.57 Å². The van der Waals surface area contributed by atoms with Crippen molar-refractivity contribution in [3.63, 3.8) is 0 Å². The summed E-state index contributed by atoms with van der Waals surface area (Å²) >= 11 is 0. The molecule has 2 rings (SSSR count). The molecule has 2 aromatic rings. The Morgan fingerprint density at radius 2 is 1.96 bits per heavy atom. The van der Waals surface area contributed by atoms with E-state index >= 15 is 0 Å². The molecule has 0 spiro atoms. The van der Waals surface area contributed by atoms with Crippen molar-refractivity contribution in [1.29, 1.82) is 0 Å². The maximum atomic E-state index is 11.4. The molecule has 0 bridgehead atoms. The summed E-state index contributed by atoms with van der Waals surface area (Å²) in [6, 6.07) is 10.1. The number of carbonyl (C=O) groups excluding carboxylic acids is 1. The number of carbonyl (C=O) groups is 1. The number of oxime groups is 1. The van der Waals surface area contributed by atoms with Crippen LogP contribution >= 0.6 is 0 Å². The molecular formula is C17H19N3O4. The van der Waals surface area contributed by atoms with Gasteiger partial charge in [0.15, 0.2) is 0 Å². The second kappa shape index (κ2) is 7.96. The zero-order valence-corrected chi connectivity index (χ0v) is 13.8. The number of hydrogen-bond donors (Lipinski definition) is 1. The van der Waals surface area contributed by atoms with E-state index in [0.717, 1.165) is 5.56 Å². The number of ether oxygens (including phenoxy) is 1. The van der Waals surface area contributed by atoms with E-state index in [0.29, 0.717) is 17.2 Å². The van der Waals surface area contributed by atoms with Gasteiger partial charge in [-0.1, -0.05) is 17.3 Å². The van der Waals surface area contributed by atoms with Gasteiger partial charge in [-0.05, 0) is 36.8 Å². The van der Waals surface area contributed by atoms with Crippen molar-refractivity contribution in [2.45, 2.75) is 13.5 Å². The quantitative estimate of drug-likeness (QED) is 0.673. The number of rotatable bonds is 5. The summed E-state index contributed by atoms with van der Waals surface area (Å²) in [5.74, 6) is 0.505. The molecule has 0 fully saturated rings. The fourth-order valence-electron chi connectivity index (χ4n) is 1.77. The van der Waals surface area contributed by atoms with Crippen molar-refractivity contribution in [3.05, 3.63) is 53.9 Å². The van der Waals surface area contributed by atoms with Crippen LogP contribution in [0.5, 0.6) is 11.5 Å². The molecule has 0 aliphatic heterocycles. The van der Waals surface area contributed by atoms with Crippen LogP contribution in [0, 0.1) is 0 Å². The molecule has 24 heavy (non-hydrogen) atoms. The Morgan fingerprint density at radius 3 is 2.58 bits per heavy atom. The molecule has 1 N–H and O–H groups in total. The average Bonchev–Trinajstić information content (AvgIpc) is 2.56. The smallest absolute Gasteiger partial charge is 0.414 e. The van der Waals surface area contributed by atoms with Crippen molar-refractivity contribution in [3.8, 4) is 11.5 Å². The summed E-state index contributed by atoms with van der Waals surface area (Å²) in [7, 11) is 3.23. The largest absolute Gasteiger partial charge is 0.506 e. The lowest BCUT2D eigenvalue weighted by atomic mass is 10.2. The molecular weight excluding hydrogens is 310 g/mol. The SMILES string of the molecule is CC(=NOCc1ccc(OC(=O)N(C)C)cc1)c1ncccc1O. The van der Waals surface area contributed by atoms with Crippen LogP contribution in [0.3, 0.4) is 0 Å². The third kappa shape index (κ3) is 4.70. The number of aromatic nitrogens is 1. The normalized spacial score (nSPS) is 11.0. The number of nitrogens with zero attached hydrogens (tertiary/aromatic N) is 3. The molecule has 0 atom stereocenters. The molecule has 7 heteroatoms. The van der Waals surface area contributed by atoms with E-state index in [1.54, 1.807) is 57.5 Å². The van der Waals surface area contributed by atoms with Crippen LogP contribution in [0.15, 0.2) is 47.8 Å². The van der Waals surface area contributed by atoms with Crippen molar-refractivity contribution in [1.82, 2.24) is 9.88 Å². The van der Waals surface area contributed by atoms with Gasteiger partial charge >= 0.3 is 6.09 Å². The van der Waals surface area contributed by atoms with E-state index in [9.17, 15) is 9.90 Å². The predicted molar refractivity (Wildman–Crippen MR) is 89.1 cm³/mol. The Hall–Kier alpha value is -3.09. The first-order chi connectivity index (χ1) is 11.5. The highest BCUT2D eigenvalue weighted by Crippen LogP contribution is 2.15. The fraction of sp³-hybridized carbons (Fsp3) is 0.235. The molecule has 0 aliphatic carbocycles. The molecule has 0 saturated carbocycles. The minimum Gasteiger partial charge on any atom is -0.506 e. The van der Waals surface area contributed by atoms with Crippen molar-refractivity contribution >= 4 is 11.8 Å².